The van der Waals surface area contributed by atoms with Gasteiger partial charge in [0.2, 0.25) is 0 Å². The van der Waals surface area contributed by atoms with Gasteiger partial charge in [-0.05, 0) is 66.1 Å². The Morgan fingerprint density at radius 2 is 1.82 bits per heavy atom. The minimum atomic E-state index is -0.413. The summed E-state index contributed by atoms with van der Waals surface area (Å²) in [5, 5.41) is 11.8. The number of carbonyl (C=O) groups excluding carboxylic acids is 1. The number of aryl methyl sites for hydroxylation is 1. The van der Waals surface area contributed by atoms with Crippen LogP contribution in [0.2, 0.25) is 5.02 Å². The molecule has 0 fully saturated rings. The molecule has 0 saturated carbocycles. The number of halogens is 2. The molecule has 38 heavy (non-hydrogen) atoms. The largest absolute Gasteiger partial charge is 0.497 e. The number of benzene rings is 3. The van der Waals surface area contributed by atoms with Gasteiger partial charge in [-0.25, -0.2) is 14.1 Å². The fourth-order valence-electron chi connectivity index (χ4n) is 3.95. The summed E-state index contributed by atoms with van der Waals surface area (Å²) in [6, 6.07) is 21.1. The molecule has 0 aliphatic heterocycles. The van der Waals surface area contributed by atoms with Crippen molar-refractivity contribution in [3.05, 3.63) is 113 Å². The minimum absolute atomic E-state index is 0.0291. The van der Waals surface area contributed by atoms with E-state index in [-0.39, 0.29) is 12.2 Å². The van der Waals surface area contributed by atoms with Crippen molar-refractivity contribution in [2.24, 2.45) is 0 Å². The van der Waals surface area contributed by atoms with Gasteiger partial charge in [-0.2, -0.15) is 0 Å². The molecule has 9 heteroatoms. The van der Waals surface area contributed by atoms with Gasteiger partial charge in [0.15, 0.2) is 0 Å². The number of carbonyl (C=O) groups is 1. The van der Waals surface area contributed by atoms with Crippen molar-refractivity contribution in [1.29, 1.82) is 0 Å². The molecule has 2 aromatic heterocycles. The molecule has 0 radical (unpaired) electrons. The fraction of sp³-hybridized carbons (Fsp3) is 0.103. The molecule has 0 aliphatic carbocycles. The Morgan fingerprint density at radius 1 is 1.03 bits per heavy atom. The maximum atomic E-state index is 14.7. The second-order valence-electron chi connectivity index (χ2n) is 8.63. The molecular formula is C29H23ClFN5O2. The number of hydrogen-bond donors (Lipinski definition) is 1. The monoisotopic (exact) mass is 527 g/mol. The Kier molecular flexibility index (Phi) is 7.15. The zero-order chi connectivity index (χ0) is 26.6. The lowest BCUT2D eigenvalue weighted by Crippen LogP contribution is -2.24. The Labute approximate surface area is 223 Å². The van der Waals surface area contributed by atoms with Crippen LogP contribution in [0.15, 0.2) is 85.2 Å². The first-order chi connectivity index (χ1) is 18.4. The molecule has 190 valence electrons. The van der Waals surface area contributed by atoms with Crippen LogP contribution in [-0.2, 0) is 6.54 Å². The van der Waals surface area contributed by atoms with Crippen molar-refractivity contribution >= 4 is 17.5 Å². The molecular weight excluding hydrogens is 505 g/mol. The van der Waals surface area contributed by atoms with Gasteiger partial charge >= 0.3 is 0 Å². The number of aromatic nitrogens is 4. The van der Waals surface area contributed by atoms with E-state index in [2.05, 4.69) is 20.6 Å². The molecule has 0 spiro atoms. The molecule has 7 nitrogen and oxygen atoms in total. The van der Waals surface area contributed by atoms with E-state index in [1.807, 2.05) is 37.3 Å². The van der Waals surface area contributed by atoms with Gasteiger partial charge in [-0.3, -0.25) is 4.79 Å². The SMILES string of the molecule is COc1ccc(C)c(-c2cn(-c3ccc(C(=O)NCc4ccc(-c5ccc(Cl)cc5)cc4F)nc3)nn2)c1. The summed E-state index contributed by atoms with van der Waals surface area (Å²) in [6.45, 7) is 2.02. The average molecular weight is 528 g/mol. The van der Waals surface area contributed by atoms with Crippen molar-refractivity contribution in [2.45, 2.75) is 13.5 Å². The van der Waals surface area contributed by atoms with Gasteiger partial charge in [0.25, 0.3) is 5.91 Å². The number of nitrogens with zero attached hydrogens (tertiary/aromatic N) is 4. The normalized spacial score (nSPS) is 10.8. The quantitative estimate of drug-likeness (QED) is 0.279. The van der Waals surface area contributed by atoms with Crippen LogP contribution in [0.5, 0.6) is 5.75 Å². The highest BCUT2D eigenvalue weighted by atomic mass is 35.5. The summed E-state index contributed by atoms with van der Waals surface area (Å²) in [5.41, 5.74) is 5.44. The second-order valence-corrected chi connectivity index (χ2v) is 9.06. The molecule has 1 amide bonds. The van der Waals surface area contributed by atoms with Gasteiger partial charge in [0, 0.05) is 22.7 Å². The molecule has 3 aromatic carbocycles. The smallest absolute Gasteiger partial charge is 0.270 e. The lowest BCUT2D eigenvalue weighted by molar-refractivity contribution is 0.0945. The Hall–Kier alpha value is -4.56. The van der Waals surface area contributed by atoms with E-state index < -0.39 is 11.7 Å². The van der Waals surface area contributed by atoms with Gasteiger partial charge < -0.3 is 10.1 Å². The van der Waals surface area contributed by atoms with E-state index in [0.29, 0.717) is 22.0 Å². The molecule has 5 aromatic rings. The van der Waals surface area contributed by atoms with Crippen molar-refractivity contribution in [1.82, 2.24) is 25.3 Å². The van der Waals surface area contributed by atoms with E-state index in [9.17, 15) is 9.18 Å². The Bertz CT molecular complexity index is 1600. The summed E-state index contributed by atoms with van der Waals surface area (Å²) in [7, 11) is 1.61. The number of methoxy groups -OCH3 is 1. The third-order valence-electron chi connectivity index (χ3n) is 6.13. The zero-order valence-electron chi connectivity index (χ0n) is 20.7. The molecule has 0 bridgehead atoms. The van der Waals surface area contributed by atoms with Crippen LogP contribution in [-0.4, -0.2) is 33.0 Å². The van der Waals surface area contributed by atoms with E-state index in [4.69, 9.17) is 16.3 Å². The lowest BCUT2D eigenvalue weighted by Gasteiger charge is -2.09. The van der Waals surface area contributed by atoms with Crippen LogP contribution in [0.25, 0.3) is 28.1 Å². The van der Waals surface area contributed by atoms with Crippen molar-refractivity contribution in [3.63, 3.8) is 0 Å². The van der Waals surface area contributed by atoms with Gasteiger partial charge in [-0.15, -0.1) is 5.10 Å². The molecule has 0 saturated heterocycles. The van der Waals surface area contributed by atoms with Crippen LogP contribution >= 0.6 is 11.6 Å². The number of hydrogen-bond acceptors (Lipinski definition) is 5. The lowest BCUT2D eigenvalue weighted by atomic mass is 10.0. The molecule has 5 rings (SSSR count). The summed E-state index contributed by atoms with van der Waals surface area (Å²) < 4.78 is 21.6. The van der Waals surface area contributed by atoms with Crippen molar-refractivity contribution in [3.8, 4) is 33.8 Å². The van der Waals surface area contributed by atoms with Gasteiger partial charge in [0.1, 0.15) is 23.0 Å². The average Bonchev–Trinajstić information content (AvgIpc) is 3.43. The van der Waals surface area contributed by atoms with E-state index in [1.54, 1.807) is 54.4 Å². The third kappa shape index (κ3) is 5.40. The van der Waals surface area contributed by atoms with Crippen LogP contribution in [0.3, 0.4) is 0 Å². The summed E-state index contributed by atoms with van der Waals surface area (Å²) in [4.78, 5) is 16.9. The Morgan fingerprint density at radius 3 is 2.53 bits per heavy atom. The summed E-state index contributed by atoms with van der Waals surface area (Å²) in [6.07, 6.45) is 3.32. The second kappa shape index (κ2) is 10.8. The molecule has 0 atom stereocenters. The minimum Gasteiger partial charge on any atom is -0.497 e. The van der Waals surface area contributed by atoms with Crippen molar-refractivity contribution in [2.75, 3.05) is 7.11 Å². The highest BCUT2D eigenvalue weighted by molar-refractivity contribution is 6.30. The number of rotatable bonds is 7. The first-order valence-corrected chi connectivity index (χ1v) is 12.2. The van der Waals surface area contributed by atoms with E-state index in [1.165, 1.54) is 12.3 Å². The highest BCUT2D eigenvalue weighted by Gasteiger charge is 2.13. The molecule has 2 heterocycles. The third-order valence-corrected chi connectivity index (χ3v) is 6.38. The Balaban J connectivity index is 1.24. The number of nitrogens with one attached hydrogen (secondary N) is 1. The predicted molar refractivity (Wildman–Crippen MR) is 144 cm³/mol. The maximum Gasteiger partial charge on any atom is 0.270 e. The van der Waals surface area contributed by atoms with Crippen LogP contribution in [0.4, 0.5) is 4.39 Å². The predicted octanol–water partition coefficient (Wildman–Crippen LogP) is 6.04. The van der Waals surface area contributed by atoms with Crippen LogP contribution in [0.1, 0.15) is 21.6 Å². The van der Waals surface area contributed by atoms with Gasteiger partial charge in [0.05, 0.1) is 25.2 Å². The van der Waals surface area contributed by atoms with Crippen molar-refractivity contribution < 1.29 is 13.9 Å². The molecule has 0 unspecified atom stereocenters. The first-order valence-electron chi connectivity index (χ1n) is 11.8. The first kappa shape index (κ1) is 25.1. The van der Waals surface area contributed by atoms with E-state index >= 15 is 0 Å². The van der Waals surface area contributed by atoms with Crippen LogP contribution in [0, 0.1) is 12.7 Å². The standard InChI is InChI=1S/C29H23ClFN5O2/c1-18-3-11-24(38-2)14-25(18)28-17-36(35-34-28)23-10-12-27(32-16-23)29(37)33-15-21-5-4-20(13-26(21)31)19-6-8-22(30)9-7-19/h3-14,16-17H,15H2,1-2H3,(H,33,37). The van der Waals surface area contributed by atoms with Crippen LogP contribution < -0.4 is 10.1 Å². The topological polar surface area (TPSA) is 81.9 Å². The molecule has 0 aliphatic rings. The zero-order valence-corrected chi connectivity index (χ0v) is 21.4. The fourth-order valence-corrected chi connectivity index (χ4v) is 4.08. The van der Waals surface area contributed by atoms with Gasteiger partial charge in [-0.1, -0.05) is 47.1 Å². The molecule has 1 N–H and O–H groups in total. The maximum absolute atomic E-state index is 14.7. The van der Waals surface area contributed by atoms with E-state index in [0.717, 1.165) is 28.0 Å². The number of amides is 1. The summed E-state index contributed by atoms with van der Waals surface area (Å²) >= 11 is 5.93. The number of pyridine rings is 1. The summed E-state index contributed by atoms with van der Waals surface area (Å²) in [5.74, 6) is -0.0899. The highest BCUT2D eigenvalue weighted by Crippen LogP contribution is 2.27. The number of ether oxygens (including phenoxy) is 1.